The van der Waals surface area contributed by atoms with Crippen molar-refractivity contribution >= 4 is 39.0 Å². The predicted molar refractivity (Wildman–Crippen MR) is 103 cm³/mol. The first kappa shape index (κ1) is 20.3. The van der Waals surface area contributed by atoms with Crippen molar-refractivity contribution in [1.29, 1.82) is 0 Å². The number of carbonyl (C=O) groups is 2. The average molecular weight is 419 g/mol. The van der Waals surface area contributed by atoms with Crippen LogP contribution in [0.1, 0.15) is 22.8 Å². The highest BCUT2D eigenvalue weighted by molar-refractivity contribution is 7.92. The minimum atomic E-state index is -4.19. The van der Waals surface area contributed by atoms with E-state index in [0.717, 1.165) is 25.3 Å². The van der Waals surface area contributed by atoms with Gasteiger partial charge in [0, 0.05) is 30.8 Å². The number of nitro groups is 1. The van der Waals surface area contributed by atoms with Crippen molar-refractivity contribution in [2.75, 3.05) is 23.3 Å². The molecule has 0 saturated carbocycles. The van der Waals surface area contributed by atoms with Crippen molar-refractivity contribution in [3.8, 4) is 0 Å². The molecule has 0 saturated heterocycles. The molecule has 0 radical (unpaired) electrons. The number of nitrogens with zero attached hydrogens (tertiary/aromatic N) is 2. The van der Waals surface area contributed by atoms with E-state index in [0.29, 0.717) is 24.2 Å². The van der Waals surface area contributed by atoms with Gasteiger partial charge in [0.15, 0.2) is 0 Å². The summed E-state index contributed by atoms with van der Waals surface area (Å²) in [6, 6.07) is 7.81. The maximum atomic E-state index is 12.8. The Labute approximate surface area is 166 Å². The van der Waals surface area contributed by atoms with E-state index in [1.807, 2.05) is 0 Å². The minimum absolute atomic E-state index is 0.155. The van der Waals surface area contributed by atoms with Crippen LogP contribution in [0, 0.1) is 10.1 Å². The SMILES string of the molecule is COC(=O)c1ccc(S(=O)(=O)Nc2cccc3c2CCN3C(C)=O)cc1[N+](=O)[O-]. The van der Waals surface area contributed by atoms with Crippen LogP contribution in [0.3, 0.4) is 0 Å². The van der Waals surface area contributed by atoms with Gasteiger partial charge in [0.25, 0.3) is 15.7 Å². The molecule has 0 atom stereocenters. The van der Waals surface area contributed by atoms with Gasteiger partial charge in [-0.05, 0) is 30.7 Å². The van der Waals surface area contributed by atoms with Crippen molar-refractivity contribution in [2.24, 2.45) is 0 Å². The Hall–Kier alpha value is -3.47. The summed E-state index contributed by atoms with van der Waals surface area (Å²) in [6.07, 6.45) is 0.467. The highest BCUT2D eigenvalue weighted by Crippen LogP contribution is 2.35. The molecule has 3 rings (SSSR count). The number of nitrogens with one attached hydrogen (secondary N) is 1. The molecule has 1 N–H and O–H groups in total. The molecule has 2 aromatic carbocycles. The Kier molecular flexibility index (Phi) is 5.25. The number of fused-ring (bicyclic) bond motifs is 1. The summed E-state index contributed by atoms with van der Waals surface area (Å²) in [6.45, 7) is 1.86. The van der Waals surface area contributed by atoms with Crippen molar-refractivity contribution < 1.29 is 27.7 Å². The fourth-order valence-corrected chi connectivity index (χ4v) is 4.29. The van der Waals surface area contributed by atoms with E-state index >= 15 is 0 Å². The molecular formula is C18H17N3O7S. The zero-order valence-corrected chi connectivity index (χ0v) is 16.4. The molecule has 11 heteroatoms. The lowest BCUT2D eigenvalue weighted by Crippen LogP contribution is -2.25. The van der Waals surface area contributed by atoms with Gasteiger partial charge in [0.2, 0.25) is 5.91 Å². The van der Waals surface area contributed by atoms with Crippen LogP contribution in [-0.2, 0) is 26.0 Å². The molecule has 0 fully saturated rings. The number of benzene rings is 2. The number of rotatable bonds is 5. The average Bonchev–Trinajstić information content (AvgIpc) is 3.12. The molecule has 0 aliphatic carbocycles. The smallest absolute Gasteiger partial charge is 0.344 e. The molecule has 1 amide bonds. The van der Waals surface area contributed by atoms with Crippen molar-refractivity contribution in [2.45, 2.75) is 18.2 Å². The van der Waals surface area contributed by atoms with Gasteiger partial charge in [-0.3, -0.25) is 19.6 Å². The number of ether oxygens (including phenoxy) is 1. The first-order valence-corrected chi connectivity index (χ1v) is 9.93. The maximum Gasteiger partial charge on any atom is 0.344 e. The summed E-state index contributed by atoms with van der Waals surface area (Å²) >= 11 is 0. The van der Waals surface area contributed by atoms with E-state index in [9.17, 15) is 28.1 Å². The molecule has 0 aromatic heterocycles. The number of sulfonamides is 1. The van der Waals surface area contributed by atoms with E-state index in [1.165, 1.54) is 6.92 Å². The number of anilines is 2. The summed E-state index contributed by atoms with van der Waals surface area (Å²) in [7, 11) is -3.12. The Bertz CT molecular complexity index is 1130. The number of nitro benzene ring substituents is 1. The van der Waals surface area contributed by atoms with Crippen molar-refractivity contribution in [1.82, 2.24) is 0 Å². The zero-order chi connectivity index (χ0) is 21.3. The van der Waals surface area contributed by atoms with Gasteiger partial charge in [-0.25, -0.2) is 13.2 Å². The van der Waals surface area contributed by atoms with Crippen LogP contribution >= 0.6 is 0 Å². The monoisotopic (exact) mass is 419 g/mol. The Morgan fingerprint density at radius 1 is 1.24 bits per heavy atom. The lowest BCUT2D eigenvalue weighted by molar-refractivity contribution is -0.385. The quantitative estimate of drug-likeness (QED) is 0.445. The Balaban J connectivity index is 2.00. The fourth-order valence-electron chi connectivity index (χ4n) is 3.17. The van der Waals surface area contributed by atoms with Crippen LogP contribution in [0.4, 0.5) is 17.1 Å². The second-order valence-corrected chi connectivity index (χ2v) is 7.94. The second-order valence-electron chi connectivity index (χ2n) is 6.26. The first-order valence-electron chi connectivity index (χ1n) is 8.45. The Morgan fingerprint density at radius 3 is 2.59 bits per heavy atom. The number of esters is 1. The molecule has 1 aliphatic heterocycles. The summed E-state index contributed by atoms with van der Waals surface area (Å²) in [5.74, 6) is -1.10. The number of hydrogen-bond donors (Lipinski definition) is 1. The molecule has 0 bridgehead atoms. The Morgan fingerprint density at radius 2 is 1.97 bits per heavy atom. The van der Waals surface area contributed by atoms with Crippen molar-refractivity contribution in [3.05, 3.63) is 57.6 Å². The van der Waals surface area contributed by atoms with Gasteiger partial charge in [-0.1, -0.05) is 6.07 Å². The molecule has 1 heterocycles. The minimum Gasteiger partial charge on any atom is -0.465 e. The van der Waals surface area contributed by atoms with Crippen LogP contribution in [0.15, 0.2) is 41.3 Å². The van der Waals surface area contributed by atoms with Gasteiger partial charge >= 0.3 is 5.97 Å². The first-order chi connectivity index (χ1) is 13.7. The van der Waals surface area contributed by atoms with Gasteiger partial charge in [0.1, 0.15) is 5.56 Å². The maximum absolute atomic E-state index is 12.8. The lowest BCUT2D eigenvalue weighted by atomic mass is 10.1. The van der Waals surface area contributed by atoms with E-state index in [-0.39, 0.29) is 22.1 Å². The fraction of sp³-hybridized carbons (Fsp3) is 0.222. The third kappa shape index (κ3) is 3.76. The van der Waals surface area contributed by atoms with Gasteiger partial charge in [0.05, 0.1) is 22.6 Å². The largest absolute Gasteiger partial charge is 0.465 e. The zero-order valence-electron chi connectivity index (χ0n) is 15.5. The van der Waals surface area contributed by atoms with Crippen molar-refractivity contribution in [3.63, 3.8) is 0 Å². The number of hydrogen-bond acceptors (Lipinski definition) is 7. The summed E-state index contributed by atoms with van der Waals surface area (Å²) in [4.78, 5) is 35.0. The number of carbonyl (C=O) groups excluding carboxylic acids is 2. The predicted octanol–water partition coefficient (Wildman–Crippen LogP) is 2.09. The molecule has 1 aliphatic rings. The van der Waals surface area contributed by atoms with E-state index in [4.69, 9.17) is 0 Å². The van der Waals surface area contributed by atoms with Crippen LogP contribution in [-0.4, -0.2) is 38.9 Å². The molecule has 0 unspecified atom stereocenters. The topological polar surface area (TPSA) is 136 Å². The molecule has 152 valence electrons. The molecule has 2 aromatic rings. The molecule has 10 nitrogen and oxygen atoms in total. The lowest BCUT2D eigenvalue weighted by Gasteiger charge is -2.16. The van der Waals surface area contributed by atoms with Crippen LogP contribution in [0.2, 0.25) is 0 Å². The third-order valence-electron chi connectivity index (χ3n) is 4.53. The van der Waals surface area contributed by atoms with Gasteiger partial charge in [-0.15, -0.1) is 0 Å². The second kappa shape index (κ2) is 7.51. The van der Waals surface area contributed by atoms with Crippen LogP contribution < -0.4 is 9.62 Å². The van der Waals surface area contributed by atoms with Crippen LogP contribution in [0.25, 0.3) is 0 Å². The molecule has 0 spiro atoms. The van der Waals surface area contributed by atoms with Gasteiger partial charge in [-0.2, -0.15) is 0 Å². The highest BCUT2D eigenvalue weighted by atomic mass is 32.2. The molecule has 29 heavy (non-hydrogen) atoms. The standard InChI is InChI=1S/C18H17N3O7S/c1-11(22)20-9-8-13-15(4-3-5-16(13)20)19-29(26,27)12-6-7-14(18(23)28-2)17(10-12)21(24)25/h3-7,10,19H,8-9H2,1-2H3. The van der Waals surface area contributed by atoms with Gasteiger partial charge < -0.3 is 9.64 Å². The summed E-state index contributed by atoms with van der Waals surface area (Å²) in [5, 5.41) is 11.3. The normalized spacial score (nSPS) is 13.0. The third-order valence-corrected chi connectivity index (χ3v) is 5.90. The van der Waals surface area contributed by atoms with Crippen LogP contribution in [0.5, 0.6) is 0 Å². The number of methoxy groups -OCH3 is 1. The van der Waals surface area contributed by atoms with E-state index < -0.39 is 26.6 Å². The summed E-state index contributed by atoms with van der Waals surface area (Å²) < 4.78 is 32.5. The highest BCUT2D eigenvalue weighted by Gasteiger charge is 2.28. The summed E-state index contributed by atoms with van der Waals surface area (Å²) in [5.41, 5.74) is 0.526. The number of amides is 1. The van der Waals surface area contributed by atoms with E-state index in [2.05, 4.69) is 9.46 Å². The molecular weight excluding hydrogens is 402 g/mol. The van der Waals surface area contributed by atoms with E-state index in [1.54, 1.807) is 23.1 Å².